The smallest absolute Gasteiger partial charge is 0.413 e. The third kappa shape index (κ3) is 7.92. The normalized spacial score (nSPS) is 13.7. The summed E-state index contributed by atoms with van der Waals surface area (Å²) in [6.45, 7) is 0.523. The van der Waals surface area contributed by atoms with Crippen molar-refractivity contribution in [3.8, 4) is 5.75 Å². The fraction of sp³-hybridized carbons (Fsp3) is 0.348. The summed E-state index contributed by atoms with van der Waals surface area (Å²) < 4.78 is 5.27. The molecule has 2 amide bonds. The van der Waals surface area contributed by atoms with Crippen LogP contribution >= 0.6 is 23.2 Å². The summed E-state index contributed by atoms with van der Waals surface area (Å²) in [6.07, 6.45) is -1.39. The Kier molecular flexibility index (Phi) is 10.4. The van der Waals surface area contributed by atoms with Gasteiger partial charge in [0.05, 0.1) is 6.04 Å². The van der Waals surface area contributed by atoms with Crippen molar-refractivity contribution < 1.29 is 24.2 Å². The van der Waals surface area contributed by atoms with Crippen molar-refractivity contribution in [2.24, 2.45) is 5.73 Å². The van der Waals surface area contributed by atoms with E-state index >= 15 is 0 Å². The fourth-order valence-electron chi connectivity index (χ4n) is 3.52. The first-order valence-corrected chi connectivity index (χ1v) is 11.4. The molecule has 0 bridgehead atoms. The Labute approximate surface area is 202 Å². The third-order valence-corrected chi connectivity index (χ3v) is 5.45. The molecule has 0 fully saturated rings. The molecule has 2 rings (SSSR count). The zero-order valence-corrected chi connectivity index (χ0v) is 19.5. The number of nitrogens with zero attached hydrogens (tertiary/aromatic N) is 1. The van der Waals surface area contributed by atoms with E-state index in [-0.39, 0.29) is 43.4 Å². The molecule has 2 atom stereocenters. The number of primary amides is 1. The number of carbonyl (C=O) groups excluding carboxylic acids is 2. The zero-order chi connectivity index (χ0) is 24.3. The summed E-state index contributed by atoms with van der Waals surface area (Å²) in [5, 5.41) is 12.8. The number of carboxylic acid groups (broad SMARTS) is 1. The lowest BCUT2D eigenvalue weighted by atomic mass is 9.83. The number of rotatable bonds is 13. The monoisotopic (exact) mass is 495 g/mol. The molecule has 2 aromatic carbocycles. The summed E-state index contributed by atoms with van der Waals surface area (Å²) in [4.78, 5) is 39.3. The highest BCUT2D eigenvalue weighted by atomic mass is 35.5. The number of hydrogen-bond donors (Lipinski definition) is 3. The molecule has 178 valence electrons. The number of amides is 2. The van der Waals surface area contributed by atoms with Gasteiger partial charge in [-0.3, -0.25) is 9.69 Å². The lowest BCUT2D eigenvalue weighted by Crippen LogP contribution is -2.62. The van der Waals surface area contributed by atoms with Crippen LogP contribution in [-0.2, 0) is 16.0 Å². The van der Waals surface area contributed by atoms with Crippen LogP contribution in [0.2, 0.25) is 0 Å². The van der Waals surface area contributed by atoms with Gasteiger partial charge < -0.3 is 20.9 Å². The predicted octanol–water partition coefficient (Wildman–Crippen LogP) is 2.86. The van der Waals surface area contributed by atoms with Gasteiger partial charge in [-0.15, -0.1) is 23.2 Å². The molecule has 0 saturated carbocycles. The minimum absolute atomic E-state index is 0.105. The van der Waals surface area contributed by atoms with Crippen LogP contribution in [0.1, 0.15) is 12.0 Å². The molecule has 4 N–H and O–H groups in total. The van der Waals surface area contributed by atoms with E-state index in [1.165, 1.54) is 0 Å². The van der Waals surface area contributed by atoms with Gasteiger partial charge in [0.15, 0.2) is 0 Å². The number of carboxylic acids is 1. The van der Waals surface area contributed by atoms with Gasteiger partial charge in [0.1, 0.15) is 11.3 Å². The standard InChI is InChI=1S/C23H27Cl2N3O5/c24-11-13-28(14-12-25)19(20(26)29)16-23(21(30)31,15-17-7-3-1-4-8-17)27-22(32)33-18-9-5-2-6-10-18/h1-10,19H,11-16H2,(H2,26,29)(H,27,32)(H,30,31)/t19?,23-/m0/s1. The van der Waals surface area contributed by atoms with Crippen molar-refractivity contribution in [2.45, 2.75) is 24.4 Å². The van der Waals surface area contributed by atoms with Crippen LogP contribution in [0.3, 0.4) is 0 Å². The van der Waals surface area contributed by atoms with Gasteiger partial charge in [-0.25, -0.2) is 9.59 Å². The molecule has 0 aliphatic heterocycles. The second-order valence-corrected chi connectivity index (χ2v) is 8.17. The average Bonchev–Trinajstić information content (AvgIpc) is 2.78. The van der Waals surface area contributed by atoms with Crippen LogP contribution in [0.15, 0.2) is 60.7 Å². The number of alkyl halides is 2. The van der Waals surface area contributed by atoms with Crippen molar-refractivity contribution in [3.63, 3.8) is 0 Å². The van der Waals surface area contributed by atoms with Gasteiger partial charge in [-0.1, -0.05) is 48.5 Å². The first-order chi connectivity index (χ1) is 15.8. The van der Waals surface area contributed by atoms with E-state index in [1.54, 1.807) is 65.6 Å². The molecule has 8 nitrogen and oxygen atoms in total. The topological polar surface area (TPSA) is 122 Å². The van der Waals surface area contributed by atoms with Crippen LogP contribution in [0, 0.1) is 0 Å². The highest BCUT2D eigenvalue weighted by Crippen LogP contribution is 2.24. The number of ether oxygens (including phenoxy) is 1. The van der Waals surface area contributed by atoms with E-state index in [9.17, 15) is 19.5 Å². The fourth-order valence-corrected chi connectivity index (χ4v) is 3.96. The number of hydrogen-bond acceptors (Lipinski definition) is 5. The van der Waals surface area contributed by atoms with E-state index in [0.29, 0.717) is 5.56 Å². The lowest BCUT2D eigenvalue weighted by molar-refractivity contribution is -0.146. The van der Waals surface area contributed by atoms with E-state index in [0.717, 1.165) is 0 Å². The van der Waals surface area contributed by atoms with Crippen LogP contribution in [0.25, 0.3) is 0 Å². The molecule has 0 radical (unpaired) electrons. The largest absolute Gasteiger partial charge is 0.479 e. The predicted molar refractivity (Wildman–Crippen MR) is 127 cm³/mol. The Balaban J connectivity index is 2.42. The summed E-state index contributed by atoms with van der Waals surface area (Å²) in [6, 6.07) is 16.0. The van der Waals surface area contributed by atoms with Crippen LogP contribution < -0.4 is 15.8 Å². The number of halogens is 2. The number of benzene rings is 2. The summed E-state index contributed by atoms with van der Waals surface area (Å²) in [7, 11) is 0. The molecule has 0 aliphatic rings. The molecule has 0 heterocycles. The SMILES string of the molecule is NC(=O)C(C[C@](Cc1ccccc1)(NC(=O)Oc1ccccc1)C(=O)O)N(CCCl)CCCl. The Hall–Kier alpha value is -2.81. The average molecular weight is 496 g/mol. The number of nitrogens with two attached hydrogens (primary N) is 1. The van der Waals surface area contributed by atoms with Gasteiger partial charge in [-0.05, 0) is 17.7 Å². The Morgan fingerprint density at radius 1 is 1.00 bits per heavy atom. The summed E-state index contributed by atoms with van der Waals surface area (Å²) >= 11 is 11.8. The molecule has 2 aromatic rings. The first-order valence-electron chi connectivity index (χ1n) is 10.3. The van der Waals surface area contributed by atoms with E-state index in [4.69, 9.17) is 33.7 Å². The van der Waals surface area contributed by atoms with Crippen molar-refractivity contribution in [3.05, 3.63) is 66.2 Å². The molecular weight excluding hydrogens is 469 g/mol. The maximum Gasteiger partial charge on any atom is 0.413 e. The molecule has 33 heavy (non-hydrogen) atoms. The van der Waals surface area contributed by atoms with Crippen LogP contribution in [0.5, 0.6) is 5.75 Å². The Morgan fingerprint density at radius 2 is 1.55 bits per heavy atom. The maximum atomic E-state index is 12.7. The number of aliphatic carboxylic acids is 1. The van der Waals surface area contributed by atoms with Crippen molar-refractivity contribution in [1.82, 2.24) is 10.2 Å². The molecule has 0 aliphatic carbocycles. The summed E-state index contributed by atoms with van der Waals surface area (Å²) in [5.41, 5.74) is 4.39. The highest BCUT2D eigenvalue weighted by Gasteiger charge is 2.45. The molecular formula is C23H27Cl2N3O5. The summed E-state index contributed by atoms with van der Waals surface area (Å²) in [5.74, 6) is -1.47. The Morgan fingerprint density at radius 3 is 2.03 bits per heavy atom. The minimum Gasteiger partial charge on any atom is -0.479 e. The third-order valence-electron chi connectivity index (χ3n) is 5.11. The van der Waals surface area contributed by atoms with E-state index in [1.807, 2.05) is 0 Å². The van der Waals surface area contributed by atoms with Gasteiger partial charge in [0, 0.05) is 37.7 Å². The second-order valence-electron chi connectivity index (χ2n) is 7.41. The molecule has 0 spiro atoms. The number of nitrogens with one attached hydrogen (secondary N) is 1. The molecule has 0 aromatic heterocycles. The first kappa shape index (κ1) is 26.4. The van der Waals surface area contributed by atoms with Gasteiger partial charge in [0.25, 0.3) is 0 Å². The van der Waals surface area contributed by atoms with Gasteiger partial charge >= 0.3 is 12.1 Å². The van der Waals surface area contributed by atoms with Crippen molar-refractivity contribution in [1.29, 1.82) is 0 Å². The molecule has 10 heteroatoms. The second kappa shape index (κ2) is 13.0. The highest BCUT2D eigenvalue weighted by molar-refractivity contribution is 6.18. The van der Waals surface area contributed by atoms with Gasteiger partial charge in [-0.2, -0.15) is 0 Å². The Bertz CT molecular complexity index is 911. The quantitative estimate of drug-likeness (QED) is 0.367. The van der Waals surface area contributed by atoms with Crippen LogP contribution in [-0.4, -0.2) is 64.4 Å². The van der Waals surface area contributed by atoms with Gasteiger partial charge in [0.2, 0.25) is 5.91 Å². The maximum absolute atomic E-state index is 12.7. The lowest BCUT2D eigenvalue weighted by Gasteiger charge is -2.37. The molecule has 0 saturated heterocycles. The van der Waals surface area contributed by atoms with Crippen molar-refractivity contribution >= 4 is 41.2 Å². The zero-order valence-electron chi connectivity index (χ0n) is 18.0. The number of para-hydroxylation sites is 1. The minimum atomic E-state index is -1.90. The van der Waals surface area contributed by atoms with E-state index in [2.05, 4.69) is 5.32 Å². The molecule has 1 unspecified atom stereocenters. The van der Waals surface area contributed by atoms with Crippen LogP contribution in [0.4, 0.5) is 4.79 Å². The van der Waals surface area contributed by atoms with E-state index < -0.39 is 29.6 Å². The van der Waals surface area contributed by atoms with Crippen molar-refractivity contribution in [2.75, 3.05) is 24.8 Å². The number of carbonyl (C=O) groups is 3.